The van der Waals surface area contributed by atoms with Gasteiger partial charge in [-0.05, 0) is 23.8 Å². The third kappa shape index (κ3) is 2.34. The van der Waals surface area contributed by atoms with E-state index in [2.05, 4.69) is 46.2 Å². The molecule has 3 nitrogen and oxygen atoms in total. The van der Waals surface area contributed by atoms with Crippen molar-refractivity contribution in [1.82, 2.24) is 9.55 Å². The van der Waals surface area contributed by atoms with Gasteiger partial charge >= 0.3 is 0 Å². The van der Waals surface area contributed by atoms with Gasteiger partial charge < -0.3 is 8.98 Å². The highest BCUT2D eigenvalue weighted by Crippen LogP contribution is 2.24. The zero-order valence-corrected chi connectivity index (χ0v) is 11.4. The molecule has 2 heterocycles. The number of benzene rings is 2. The van der Waals surface area contributed by atoms with Crippen molar-refractivity contribution >= 4 is 11.1 Å². The minimum Gasteiger partial charge on any atom is -0.436 e. The molecule has 2 aromatic carbocycles. The SMILES string of the molecule is c1ccc(Cn2ccc(-c3nc4ccccc4o3)c2)cc1. The molecule has 0 aliphatic heterocycles. The number of fused-ring (bicyclic) bond motifs is 1. The highest BCUT2D eigenvalue weighted by molar-refractivity contribution is 5.75. The number of nitrogens with zero attached hydrogens (tertiary/aromatic N) is 2. The maximum absolute atomic E-state index is 5.79. The Bertz CT molecular complexity index is 841. The molecule has 0 spiro atoms. The van der Waals surface area contributed by atoms with Crippen LogP contribution in [0.3, 0.4) is 0 Å². The van der Waals surface area contributed by atoms with Crippen LogP contribution in [-0.4, -0.2) is 9.55 Å². The summed E-state index contributed by atoms with van der Waals surface area (Å²) < 4.78 is 7.93. The van der Waals surface area contributed by atoms with Crippen LogP contribution in [0.4, 0.5) is 0 Å². The predicted molar refractivity (Wildman–Crippen MR) is 83.0 cm³/mol. The number of para-hydroxylation sites is 2. The molecule has 0 radical (unpaired) electrons. The second-order valence-electron chi connectivity index (χ2n) is 5.04. The van der Waals surface area contributed by atoms with Crippen LogP contribution in [0.2, 0.25) is 0 Å². The lowest BCUT2D eigenvalue weighted by Crippen LogP contribution is -1.95. The fraction of sp³-hybridized carbons (Fsp3) is 0.0556. The highest BCUT2D eigenvalue weighted by atomic mass is 16.3. The number of hydrogen-bond acceptors (Lipinski definition) is 2. The summed E-state index contributed by atoms with van der Waals surface area (Å²) in [6, 6.07) is 20.2. The van der Waals surface area contributed by atoms with Crippen LogP contribution in [0.5, 0.6) is 0 Å². The summed E-state index contributed by atoms with van der Waals surface area (Å²) in [5.41, 5.74) is 3.99. The second-order valence-corrected chi connectivity index (χ2v) is 5.04. The van der Waals surface area contributed by atoms with Crippen molar-refractivity contribution in [2.45, 2.75) is 6.54 Å². The van der Waals surface area contributed by atoms with Gasteiger partial charge in [0, 0.05) is 18.9 Å². The summed E-state index contributed by atoms with van der Waals surface area (Å²) in [6.45, 7) is 0.848. The zero-order chi connectivity index (χ0) is 14.1. The Balaban J connectivity index is 1.64. The molecule has 2 aromatic heterocycles. The summed E-state index contributed by atoms with van der Waals surface area (Å²) in [6.07, 6.45) is 4.12. The van der Waals surface area contributed by atoms with Gasteiger partial charge in [-0.3, -0.25) is 0 Å². The van der Waals surface area contributed by atoms with Crippen LogP contribution < -0.4 is 0 Å². The Morgan fingerprint density at radius 2 is 1.71 bits per heavy atom. The molecule has 102 valence electrons. The third-order valence-corrected chi connectivity index (χ3v) is 3.50. The minimum atomic E-state index is 0.669. The molecule has 0 N–H and O–H groups in total. The maximum atomic E-state index is 5.79. The van der Waals surface area contributed by atoms with Crippen LogP contribution in [0.15, 0.2) is 77.5 Å². The van der Waals surface area contributed by atoms with Crippen LogP contribution in [0, 0.1) is 0 Å². The van der Waals surface area contributed by atoms with Gasteiger partial charge in [0.05, 0.1) is 5.56 Å². The Hall–Kier alpha value is -2.81. The van der Waals surface area contributed by atoms with Gasteiger partial charge in [0.25, 0.3) is 0 Å². The Kier molecular flexibility index (Phi) is 2.82. The van der Waals surface area contributed by atoms with Crippen molar-refractivity contribution in [2.75, 3.05) is 0 Å². The van der Waals surface area contributed by atoms with E-state index >= 15 is 0 Å². The summed E-state index contributed by atoms with van der Waals surface area (Å²) in [7, 11) is 0. The van der Waals surface area contributed by atoms with E-state index in [1.54, 1.807) is 0 Å². The molecular formula is C18H14N2O. The quantitative estimate of drug-likeness (QED) is 0.556. The van der Waals surface area contributed by atoms with Crippen molar-refractivity contribution in [3.63, 3.8) is 0 Å². The first-order valence-electron chi connectivity index (χ1n) is 6.94. The molecule has 4 rings (SSSR count). The van der Waals surface area contributed by atoms with Gasteiger partial charge in [-0.1, -0.05) is 42.5 Å². The van der Waals surface area contributed by atoms with Gasteiger partial charge in [0.2, 0.25) is 5.89 Å². The van der Waals surface area contributed by atoms with E-state index in [0.717, 1.165) is 23.2 Å². The van der Waals surface area contributed by atoms with E-state index in [0.29, 0.717) is 5.89 Å². The summed E-state index contributed by atoms with van der Waals surface area (Å²) >= 11 is 0. The largest absolute Gasteiger partial charge is 0.436 e. The molecule has 0 atom stereocenters. The van der Waals surface area contributed by atoms with E-state index in [9.17, 15) is 0 Å². The predicted octanol–water partition coefficient (Wildman–Crippen LogP) is 4.34. The van der Waals surface area contributed by atoms with Gasteiger partial charge in [0.1, 0.15) is 5.52 Å². The first-order valence-corrected chi connectivity index (χ1v) is 6.94. The monoisotopic (exact) mass is 274 g/mol. The fourth-order valence-electron chi connectivity index (χ4n) is 2.46. The molecule has 0 aliphatic carbocycles. The molecule has 0 amide bonds. The van der Waals surface area contributed by atoms with Gasteiger partial charge in [-0.15, -0.1) is 0 Å². The van der Waals surface area contributed by atoms with Crippen LogP contribution in [0.1, 0.15) is 5.56 Å². The molecule has 4 aromatic rings. The first kappa shape index (κ1) is 12.0. The molecule has 0 bridgehead atoms. The number of oxazole rings is 1. The highest BCUT2D eigenvalue weighted by Gasteiger charge is 2.09. The molecular weight excluding hydrogens is 260 g/mol. The van der Waals surface area contributed by atoms with E-state index in [1.165, 1.54) is 5.56 Å². The van der Waals surface area contributed by atoms with Crippen molar-refractivity contribution in [3.8, 4) is 11.5 Å². The van der Waals surface area contributed by atoms with Crippen LogP contribution >= 0.6 is 0 Å². The minimum absolute atomic E-state index is 0.669. The Morgan fingerprint density at radius 3 is 2.57 bits per heavy atom. The molecule has 21 heavy (non-hydrogen) atoms. The van der Waals surface area contributed by atoms with Crippen molar-refractivity contribution in [2.24, 2.45) is 0 Å². The van der Waals surface area contributed by atoms with Crippen LogP contribution in [-0.2, 0) is 6.54 Å². The molecule has 0 unspecified atom stereocenters. The van der Waals surface area contributed by atoms with Gasteiger partial charge in [-0.2, -0.15) is 0 Å². The normalized spacial score (nSPS) is 11.0. The topological polar surface area (TPSA) is 31.0 Å². The molecule has 3 heteroatoms. The molecule has 0 aliphatic rings. The number of hydrogen-bond donors (Lipinski definition) is 0. The number of aromatic nitrogens is 2. The second kappa shape index (κ2) is 4.94. The molecule has 0 saturated heterocycles. The zero-order valence-electron chi connectivity index (χ0n) is 11.4. The summed E-state index contributed by atoms with van der Waals surface area (Å²) in [5.74, 6) is 0.669. The van der Waals surface area contributed by atoms with E-state index in [1.807, 2.05) is 36.4 Å². The average molecular weight is 274 g/mol. The van der Waals surface area contributed by atoms with Crippen LogP contribution in [0.25, 0.3) is 22.6 Å². The van der Waals surface area contributed by atoms with E-state index in [-0.39, 0.29) is 0 Å². The Labute approximate surface area is 122 Å². The van der Waals surface area contributed by atoms with E-state index in [4.69, 9.17) is 4.42 Å². The smallest absolute Gasteiger partial charge is 0.228 e. The first-order chi connectivity index (χ1) is 10.4. The summed E-state index contributed by atoms with van der Waals surface area (Å²) in [4.78, 5) is 4.52. The standard InChI is InChI=1S/C18H14N2O/c1-2-6-14(7-3-1)12-20-11-10-15(13-20)18-19-16-8-4-5-9-17(16)21-18/h1-11,13H,12H2. The lowest BCUT2D eigenvalue weighted by Gasteiger charge is -2.01. The fourth-order valence-corrected chi connectivity index (χ4v) is 2.46. The molecule has 0 fully saturated rings. The van der Waals surface area contributed by atoms with E-state index < -0.39 is 0 Å². The maximum Gasteiger partial charge on any atom is 0.228 e. The van der Waals surface area contributed by atoms with Crippen molar-refractivity contribution < 1.29 is 4.42 Å². The van der Waals surface area contributed by atoms with Crippen molar-refractivity contribution in [1.29, 1.82) is 0 Å². The lowest BCUT2D eigenvalue weighted by molar-refractivity contribution is 0.619. The van der Waals surface area contributed by atoms with Gasteiger partial charge in [-0.25, -0.2) is 4.98 Å². The number of rotatable bonds is 3. The van der Waals surface area contributed by atoms with Crippen molar-refractivity contribution in [3.05, 3.63) is 78.6 Å². The third-order valence-electron chi connectivity index (χ3n) is 3.50. The average Bonchev–Trinajstić information content (AvgIpc) is 3.14. The Morgan fingerprint density at radius 1 is 0.905 bits per heavy atom. The summed E-state index contributed by atoms with van der Waals surface area (Å²) in [5, 5.41) is 0. The molecule has 0 saturated carbocycles. The lowest BCUT2D eigenvalue weighted by atomic mass is 10.2. The van der Waals surface area contributed by atoms with Gasteiger partial charge in [0.15, 0.2) is 5.58 Å².